The topological polar surface area (TPSA) is 82.6 Å². The van der Waals surface area contributed by atoms with Crippen LogP contribution in [0.1, 0.15) is 0 Å². The summed E-state index contributed by atoms with van der Waals surface area (Å²) in [7, 11) is 3.73. The number of hydrogen-bond acceptors (Lipinski definition) is 6. The van der Waals surface area contributed by atoms with Crippen molar-refractivity contribution in [3.05, 3.63) is 35.5 Å². The maximum Gasteiger partial charge on any atom is 0.323 e. The molecule has 0 atom stereocenters. The summed E-state index contributed by atoms with van der Waals surface area (Å²) in [4.78, 5) is 25.2. The number of anilines is 4. The quantitative estimate of drug-likeness (QED) is 0.853. The van der Waals surface area contributed by atoms with Gasteiger partial charge in [-0.05, 0) is 12.1 Å². The third-order valence-electron chi connectivity index (χ3n) is 3.84. The number of ether oxygens (including phenoxy) is 1. The van der Waals surface area contributed by atoms with Crippen LogP contribution in [-0.4, -0.2) is 56.4 Å². The lowest BCUT2D eigenvalue weighted by molar-refractivity contribution is 0.122. The van der Waals surface area contributed by atoms with E-state index in [-0.39, 0.29) is 0 Å². The van der Waals surface area contributed by atoms with E-state index in [2.05, 4.69) is 25.5 Å². The number of nitrogens with zero attached hydrogens (tertiary/aromatic N) is 4. The van der Waals surface area contributed by atoms with E-state index >= 15 is 0 Å². The molecule has 2 amide bonds. The van der Waals surface area contributed by atoms with Gasteiger partial charge in [-0.1, -0.05) is 23.7 Å². The standard InChI is InChI=1S/C17H21ClN6O2/c1-23(2)15-14(11-19-16(22-15)24-7-9-26-10-8-24)21-17(25)20-13-6-4-3-5-12(13)18/h3-6,11H,7-10H2,1-2H3,(H2,20,21,25). The lowest BCUT2D eigenvalue weighted by Gasteiger charge is -2.28. The van der Waals surface area contributed by atoms with Crippen molar-refractivity contribution >= 4 is 40.8 Å². The second-order valence-electron chi connectivity index (χ2n) is 5.96. The van der Waals surface area contributed by atoms with Crippen molar-refractivity contribution in [3.8, 4) is 0 Å². The van der Waals surface area contributed by atoms with Crippen LogP contribution in [0.15, 0.2) is 30.5 Å². The van der Waals surface area contributed by atoms with Crippen LogP contribution in [0.25, 0.3) is 0 Å². The van der Waals surface area contributed by atoms with Gasteiger partial charge < -0.3 is 25.2 Å². The fraction of sp³-hybridized carbons (Fsp3) is 0.353. The van der Waals surface area contributed by atoms with Crippen molar-refractivity contribution in [1.29, 1.82) is 0 Å². The number of urea groups is 1. The van der Waals surface area contributed by atoms with Gasteiger partial charge >= 0.3 is 6.03 Å². The molecule has 1 aromatic carbocycles. The van der Waals surface area contributed by atoms with Crippen LogP contribution >= 0.6 is 11.6 Å². The number of nitrogens with one attached hydrogen (secondary N) is 2. The highest BCUT2D eigenvalue weighted by molar-refractivity contribution is 6.33. The first-order valence-electron chi connectivity index (χ1n) is 8.24. The molecular formula is C17H21ClN6O2. The number of halogens is 1. The molecule has 1 fully saturated rings. The van der Waals surface area contributed by atoms with E-state index in [0.29, 0.717) is 41.4 Å². The van der Waals surface area contributed by atoms with Gasteiger partial charge in [0, 0.05) is 27.2 Å². The van der Waals surface area contributed by atoms with Crippen LogP contribution in [0.5, 0.6) is 0 Å². The van der Waals surface area contributed by atoms with E-state index in [0.717, 1.165) is 13.1 Å². The molecule has 1 aromatic heterocycles. The number of carbonyl (C=O) groups excluding carboxylic acids is 1. The molecule has 26 heavy (non-hydrogen) atoms. The predicted octanol–water partition coefficient (Wildman–Crippen LogP) is 2.68. The van der Waals surface area contributed by atoms with Gasteiger partial charge in [-0.3, -0.25) is 0 Å². The summed E-state index contributed by atoms with van der Waals surface area (Å²) >= 11 is 6.07. The Morgan fingerprint density at radius 3 is 2.58 bits per heavy atom. The van der Waals surface area contributed by atoms with Crippen molar-refractivity contribution in [3.63, 3.8) is 0 Å². The van der Waals surface area contributed by atoms with Crippen molar-refractivity contribution in [2.45, 2.75) is 0 Å². The fourth-order valence-corrected chi connectivity index (χ4v) is 2.73. The maximum absolute atomic E-state index is 12.3. The Morgan fingerprint density at radius 1 is 1.19 bits per heavy atom. The molecule has 2 N–H and O–H groups in total. The molecule has 1 aliphatic rings. The summed E-state index contributed by atoms with van der Waals surface area (Å²) in [5.74, 6) is 1.24. The zero-order valence-electron chi connectivity index (χ0n) is 14.7. The number of hydrogen-bond donors (Lipinski definition) is 2. The summed E-state index contributed by atoms with van der Waals surface area (Å²) in [5, 5.41) is 5.97. The predicted molar refractivity (Wildman–Crippen MR) is 103 cm³/mol. The van der Waals surface area contributed by atoms with Gasteiger partial charge in [0.15, 0.2) is 5.82 Å². The largest absolute Gasteiger partial charge is 0.378 e. The minimum atomic E-state index is -0.413. The molecule has 1 saturated heterocycles. The SMILES string of the molecule is CN(C)c1nc(N2CCOCC2)ncc1NC(=O)Nc1ccccc1Cl. The molecule has 0 spiro atoms. The number of aromatic nitrogens is 2. The molecule has 0 saturated carbocycles. The van der Waals surface area contributed by atoms with Crippen LogP contribution in [0.3, 0.4) is 0 Å². The Bertz CT molecular complexity index is 780. The Labute approximate surface area is 157 Å². The highest BCUT2D eigenvalue weighted by Crippen LogP contribution is 2.25. The maximum atomic E-state index is 12.3. The van der Waals surface area contributed by atoms with Crippen molar-refractivity contribution in [2.75, 3.05) is 60.8 Å². The van der Waals surface area contributed by atoms with Crippen LogP contribution < -0.4 is 20.4 Å². The first-order valence-corrected chi connectivity index (χ1v) is 8.62. The van der Waals surface area contributed by atoms with Crippen LogP contribution in [0.2, 0.25) is 5.02 Å². The normalized spacial score (nSPS) is 14.0. The second-order valence-corrected chi connectivity index (χ2v) is 6.37. The van der Waals surface area contributed by atoms with Gasteiger partial charge in [0.1, 0.15) is 5.69 Å². The monoisotopic (exact) mass is 376 g/mol. The Kier molecular flexibility index (Phi) is 5.75. The van der Waals surface area contributed by atoms with Gasteiger partial charge in [0.2, 0.25) is 5.95 Å². The molecule has 8 nitrogen and oxygen atoms in total. The van der Waals surface area contributed by atoms with Crippen LogP contribution in [0.4, 0.5) is 27.9 Å². The van der Waals surface area contributed by atoms with E-state index in [9.17, 15) is 4.79 Å². The minimum Gasteiger partial charge on any atom is -0.378 e. The Morgan fingerprint density at radius 2 is 1.88 bits per heavy atom. The van der Waals surface area contributed by atoms with E-state index in [1.165, 1.54) is 0 Å². The van der Waals surface area contributed by atoms with E-state index in [1.54, 1.807) is 30.5 Å². The number of benzene rings is 1. The lowest BCUT2D eigenvalue weighted by Crippen LogP contribution is -2.37. The summed E-state index contributed by atoms with van der Waals surface area (Å²) in [6.45, 7) is 2.79. The van der Waals surface area contributed by atoms with Gasteiger partial charge in [-0.25, -0.2) is 9.78 Å². The average Bonchev–Trinajstić information content (AvgIpc) is 2.64. The highest BCUT2D eigenvalue weighted by Gasteiger charge is 2.18. The van der Waals surface area contributed by atoms with Crippen molar-refractivity contribution < 1.29 is 9.53 Å². The first kappa shape index (κ1) is 18.2. The van der Waals surface area contributed by atoms with Crippen LogP contribution in [0, 0.1) is 0 Å². The molecule has 1 aliphatic heterocycles. The smallest absolute Gasteiger partial charge is 0.323 e. The number of morpholine rings is 1. The van der Waals surface area contributed by atoms with Crippen molar-refractivity contribution in [1.82, 2.24) is 9.97 Å². The zero-order chi connectivity index (χ0) is 18.5. The minimum absolute atomic E-state index is 0.413. The van der Waals surface area contributed by atoms with E-state index in [1.807, 2.05) is 19.0 Å². The Hall–Kier alpha value is -2.58. The molecule has 138 valence electrons. The third kappa shape index (κ3) is 4.33. The molecule has 9 heteroatoms. The van der Waals surface area contributed by atoms with Gasteiger partial charge in [0.25, 0.3) is 0 Å². The summed E-state index contributed by atoms with van der Waals surface area (Å²) < 4.78 is 5.36. The molecule has 2 heterocycles. The summed E-state index contributed by atoms with van der Waals surface area (Å²) in [5.41, 5.74) is 1.04. The first-order chi connectivity index (χ1) is 12.5. The third-order valence-corrected chi connectivity index (χ3v) is 4.17. The fourth-order valence-electron chi connectivity index (χ4n) is 2.55. The molecule has 0 radical (unpaired) electrons. The van der Waals surface area contributed by atoms with Crippen molar-refractivity contribution in [2.24, 2.45) is 0 Å². The molecule has 0 aliphatic carbocycles. The lowest BCUT2D eigenvalue weighted by atomic mass is 10.3. The number of amides is 2. The van der Waals surface area contributed by atoms with Gasteiger partial charge in [-0.2, -0.15) is 4.98 Å². The van der Waals surface area contributed by atoms with E-state index in [4.69, 9.17) is 16.3 Å². The molecule has 0 bridgehead atoms. The van der Waals surface area contributed by atoms with Gasteiger partial charge in [-0.15, -0.1) is 0 Å². The van der Waals surface area contributed by atoms with E-state index < -0.39 is 6.03 Å². The summed E-state index contributed by atoms with van der Waals surface area (Å²) in [6, 6.07) is 6.62. The number of rotatable bonds is 4. The number of carbonyl (C=O) groups is 1. The number of para-hydroxylation sites is 1. The second kappa shape index (κ2) is 8.20. The average molecular weight is 377 g/mol. The molecule has 2 aromatic rings. The Balaban J connectivity index is 1.76. The summed E-state index contributed by atoms with van der Waals surface area (Å²) in [6.07, 6.45) is 1.61. The highest BCUT2D eigenvalue weighted by atomic mass is 35.5. The van der Waals surface area contributed by atoms with Gasteiger partial charge in [0.05, 0.1) is 30.1 Å². The molecular weight excluding hydrogens is 356 g/mol. The van der Waals surface area contributed by atoms with Crippen LogP contribution in [-0.2, 0) is 4.74 Å². The molecule has 0 unspecified atom stereocenters. The zero-order valence-corrected chi connectivity index (χ0v) is 15.5. The molecule has 3 rings (SSSR count).